The van der Waals surface area contributed by atoms with Gasteiger partial charge in [0.25, 0.3) is 0 Å². The van der Waals surface area contributed by atoms with Crippen molar-refractivity contribution in [2.75, 3.05) is 33.2 Å². The molecule has 2 heterocycles. The fraction of sp³-hybridized carbons (Fsp3) is 0.400. The second-order valence-electron chi connectivity index (χ2n) is 7.51. The van der Waals surface area contributed by atoms with Gasteiger partial charge in [0, 0.05) is 37.6 Å². The highest BCUT2D eigenvalue weighted by atomic mass is 19.4. The number of quaternary nitrogens is 1. The van der Waals surface area contributed by atoms with E-state index in [1.807, 2.05) is 4.90 Å². The number of likely N-dealkylation sites (N-methyl/N-ethyl adjacent to an activating group) is 1. The van der Waals surface area contributed by atoms with Crippen molar-refractivity contribution in [3.63, 3.8) is 0 Å². The van der Waals surface area contributed by atoms with Crippen LogP contribution in [-0.4, -0.2) is 49.4 Å². The van der Waals surface area contributed by atoms with Gasteiger partial charge in [0.1, 0.15) is 12.0 Å². The van der Waals surface area contributed by atoms with E-state index in [9.17, 15) is 31.1 Å². The summed E-state index contributed by atoms with van der Waals surface area (Å²) in [6, 6.07) is 4.57. The van der Waals surface area contributed by atoms with Gasteiger partial charge in [0.05, 0.1) is 37.3 Å². The van der Waals surface area contributed by atoms with Gasteiger partial charge >= 0.3 is 12.4 Å². The van der Waals surface area contributed by atoms with Crippen LogP contribution in [0.15, 0.2) is 42.7 Å². The number of hydrogen-bond donors (Lipinski definition) is 0. The van der Waals surface area contributed by atoms with Gasteiger partial charge in [-0.1, -0.05) is 6.07 Å². The molecule has 1 aromatic carbocycles. The number of nitrogens with zero attached hydrogens (tertiary/aromatic N) is 3. The zero-order valence-electron chi connectivity index (χ0n) is 16.0. The second kappa shape index (κ2) is 7.99. The van der Waals surface area contributed by atoms with Crippen LogP contribution >= 0.6 is 0 Å². The number of hydrogen-bond acceptors (Lipinski definition) is 3. The number of piperazine rings is 1. The van der Waals surface area contributed by atoms with E-state index in [2.05, 4.69) is 4.98 Å². The monoisotopic (exact) mass is 432 g/mol. The molecule has 2 aromatic rings. The van der Waals surface area contributed by atoms with Crippen molar-refractivity contribution in [3.8, 4) is 0 Å². The summed E-state index contributed by atoms with van der Waals surface area (Å²) in [6.07, 6.45) is -5.88. The first-order chi connectivity index (χ1) is 13.9. The molecular weight excluding hydrogens is 412 g/mol. The van der Waals surface area contributed by atoms with Crippen molar-refractivity contribution in [2.45, 2.75) is 18.4 Å². The molecule has 0 bridgehead atoms. The molecular formula is C20H20F6N3O+. The van der Waals surface area contributed by atoms with E-state index in [1.54, 1.807) is 31.6 Å². The number of carbonyl (C=O) groups is 1. The lowest BCUT2D eigenvalue weighted by Gasteiger charge is -2.43. The third-order valence-corrected chi connectivity index (χ3v) is 5.51. The zero-order chi connectivity index (χ0) is 22.2. The van der Waals surface area contributed by atoms with E-state index in [1.165, 1.54) is 0 Å². The number of carbonyl (C=O) groups excluding carboxylic acids is 1. The van der Waals surface area contributed by atoms with Crippen LogP contribution in [0.5, 0.6) is 0 Å². The maximum atomic E-state index is 13.2. The molecule has 0 radical (unpaired) electrons. The van der Waals surface area contributed by atoms with Gasteiger partial charge in [-0.15, -0.1) is 0 Å². The molecule has 1 aromatic heterocycles. The van der Waals surface area contributed by atoms with Gasteiger partial charge in [-0.05, 0) is 17.7 Å². The van der Waals surface area contributed by atoms with Gasteiger partial charge in [0.15, 0.2) is 0 Å². The molecule has 0 aliphatic carbocycles. The molecule has 1 unspecified atom stereocenters. The van der Waals surface area contributed by atoms with Crippen LogP contribution in [0.2, 0.25) is 0 Å². The first kappa shape index (κ1) is 22.2. The van der Waals surface area contributed by atoms with E-state index in [-0.39, 0.29) is 29.3 Å². The summed E-state index contributed by atoms with van der Waals surface area (Å²) >= 11 is 0. The number of pyridine rings is 1. The molecule has 1 fully saturated rings. The van der Waals surface area contributed by atoms with Gasteiger partial charge in [-0.3, -0.25) is 14.4 Å². The number of aldehydes is 1. The normalized spacial score (nSPS) is 18.8. The molecule has 162 valence electrons. The van der Waals surface area contributed by atoms with Gasteiger partial charge in [-0.25, -0.2) is 0 Å². The van der Waals surface area contributed by atoms with E-state index >= 15 is 0 Å². The Morgan fingerprint density at radius 2 is 1.60 bits per heavy atom. The standard InChI is InChI=1S/C20H20F6N3O/c1-29(17-10-15(19(21,22)23)9-16(11-17)20(24,25)26)7-5-28(6-8-29)18(13-30)14-3-2-4-27-12-14/h2-4,9-13,18H,5-8H2,1H3/q+1. The quantitative estimate of drug-likeness (QED) is 0.410. The smallest absolute Gasteiger partial charge is 0.301 e. The molecule has 1 saturated heterocycles. The Morgan fingerprint density at radius 3 is 2.03 bits per heavy atom. The lowest BCUT2D eigenvalue weighted by Crippen LogP contribution is -2.59. The molecule has 1 atom stereocenters. The van der Waals surface area contributed by atoms with E-state index in [4.69, 9.17) is 0 Å². The molecule has 30 heavy (non-hydrogen) atoms. The molecule has 0 saturated carbocycles. The molecule has 0 spiro atoms. The highest BCUT2D eigenvalue weighted by molar-refractivity contribution is 5.61. The molecule has 1 aliphatic heterocycles. The molecule has 0 N–H and O–H groups in total. The third kappa shape index (κ3) is 4.65. The Labute approximate surface area is 169 Å². The van der Waals surface area contributed by atoms with Crippen molar-refractivity contribution >= 4 is 12.0 Å². The minimum Gasteiger partial charge on any atom is -0.301 e. The molecule has 0 amide bonds. The highest BCUT2D eigenvalue weighted by Gasteiger charge is 2.41. The lowest BCUT2D eigenvalue weighted by atomic mass is 10.0. The first-order valence-electron chi connectivity index (χ1n) is 9.18. The largest absolute Gasteiger partial charge is 0.416 e. The number of aromatic nitrogens is 1. The van der Waals surface area contributed by atoms with Crippen molar-refractivity contribution in [2.24, 2.45) is 0 Å². The van der Waals surface area contributed by atoms with Crippen LogP contribution in [0.25, 0.3) is 0 Å². The Balaban J connectivity index is 1.88. The predicted octanol–water partition coefficient (Wildman–Crippen LogP) is 4.31. The van der Waals surface area contributed by atoms with Crippen LogP contribution in [0.1, 0.15) is 22.7 Å². The number of rotatable bonds is 4. The van der Waals surface area contributed by atoms with Crippen LogP contribution in [0.4, 0.5) is 32.0 Å². The second-order valence-corrected chi connectivity index (χ2v) is 7.51. The average molecular weight is 432 g/mol. The van der Waals surface area contributed by atoms with Gasteiger partial charge in [-0.2, -0.15) is 26.3 Å². The van der Waals surface area contributed by atoms with E-state index < -0.39 is 29.5 Å². The Hall–Kier alpha value is -2.46. The molecule has 4 nitrogen and oxygen atoms in total. The minimum atomic E-state index is -4.89. The van der Waals surface area contributed by atoms with E-state index in [0.29, 0.717) is 18.7 Å². The third-order valence-electron chi connectivity index (χ3n) is 5.51. The number of halogens is 6. The van der Waals surface area contributed by atoms with Gasteiger partial charge in [0.2, 0.25) is 0 Å². The molecule has 10 heteroatoms. The summed E-state index contributed by atoms with van der Waals surface area (Å²) in [6.45, 7) is 1.16. The van der Waals surface area contributed by atoms with Crippen molar-refractivity contribution in [1.82, 2.24) is 14.4 Å². The number of alkyl halides is 6. The topological polar surface area (TPSA) is 33.2 Å². The summed E-state index contributed by atoms with van der Waals surface area (Å²) in [7, 11) is 1.60. The summed E-state index contributed by atoms with van der Waals surface area (Å²) in [4.78, 5) is 17.5. The Kier molecular flexibility index (Phi) is 5.92. The molecule has 1 aliphatic rings. The maximum absolute atomic E-state index is 13.2. The van der Waals surface area contributed by atoms with E-state index in [0.717, 1.165) is 18.4 Å². The molecule has 3 rings (SSSR count). The summed E-state index contributed by atoms with van der Waals surface area (Å²) in [5.41, 5.74) is -2.02. The first-order valence-corrected chi connectivity index (χ1v) is 9.18. The Morgan fingerprint density at radius 1 is 1.03 bits per heavy atom. The van der Waals surface area contributed by atoms with Crippen molar-refractivity contribution in [3.05, 3.63) is 59.4 Å². The fourth-order valence-corrected chi connectivity index (χ4v) is 3.63. The highest BCUT2D eigenvalue weighted by Crippen LogP contribution is 2.40. The average Bonchev–Trinajstić information content (AvgIpc) is 2.69. The minimum absolute atomic E-state index is 0.0548. The summed E-state index contributed by atoms with van der Waals surface area (Å²) in [5.74, 6) is 0. The number of benzene rings is 1. The van der Waals surface area contributed by atoms with Gasteiger partial charge < -0.3 is 4.79 Å². The van der Waals surface area contributed by atoms with Crippen molar-refractivity contribution < 1.29 is 31.1 Å². The van der Waals surface area contributed by atoms with Crippen LogP contribution in [0, 0.1) is 0 Å². The van der Waals surface area contributed by atoms with Crippen LogP contribution in [0.3, 0.4) is 0 Å². The predicted molar refractivity (Wildman–Crippen MR) is 98.5 cm³/mol. The van der Waals surface area contributed by atoms with Crippen LogP contribution < -0.4 is 4.48 Å². The van der Waals surface area contributed by atoms with Crippen LogP contribution in [-0.2, 0) is 17.1 Å². The fourth-order valence-electron chi connectivity index (χ4n) is 3.63. The lowest BCUT2D eigenvalue weighted by molar-refractivity contribution is -0.143. The maximum Gasteiger partial charge on any atom is 0.416 e. The Bertz CT molecular complexity index is 857. The summed E-state index contributed by atoms with van der Waals surface area (Å²) < 4.78 is 79.1. The SMILES string of the molecule is C[N+]1(c2cc(C(F)(F)F)cc(C(F)(F)F)c2)CCN(C(C=O)c2cccnc2)CC1. The summed E-state index contributed by atoms with van der Waals surface area (Å²) in [5, 5.41) is 0. The zero-order valence-corrected chi connectivity index (χ0v) is 16.0. The van der Waals surface area contributed by atoms with Crippen molar-refractivity contribution in [1.29, 1.82) is 0 Å².